The first-order chi connectivity index (χ1) is 11.2. The largest absolute Gasteiger partial charge is 0.479 e. The highest BCUT2D eigenvalue weighted by molar-refractivity contribution is 5.69. The Bertz CT molecular complexity index is 685. The number of benzene rings is 2. The number of hydrogen-bond acceptors (Lipinski definition) is 5. The van der Waals surface area contributed by atoms with Gasteiger partial charge in [-0.25, -0.2) is 0 Å². The van der Waals surface area contributed by atoms with Gasteiger partial charge in [0.1, 0.15) is 6.61 Å². The Kier molecular flexibility index (Phi) is 5.71. The van der Waals surface area contributed by atoms with Crippen molar-refractivity contribution < 1.29 is 19.1 Å². The summed E-state index contributed by atoms with van der Waals surface area (Å²) in [5.74, 6) is 0.313. The Labute approximate surface area is 134 Å². The minimum Gasteiger partial charge on any atom is -0.479 e. The number of nitro benzene ring substituents is 1. The number of methoxy groups -OCH3 is 1. The lowest BCUT2D eigenvalue weighted by Gasteiger charge is -2.13. The number of ether oxygens (including phenoxy) is 3. The molecule has 2 aromatic carbocycles. The molecular formula is C17H17NO5. The fraction of sp³-hybridized carbons (Fsp3) is 0.176. The van der Waals surface area contributed by atoms with Gasteiger partial charge in [0.05, 0.1) is 10.5 Å². The lowest BCUT2D eigenvalue weighted by Crippen LogP contribution is -2.06. The van der Waals surface area contributed by atoms with Crippen molar-refractivity contribution in [2.75, 3.05) is 13.9 Å². The molecule has 0 amide bonds. The van der Waals surface area contributed by atoms with Gasteiger partial charge in [-0.2, -0.15) is 0 Å². The van der Waals surface area contributed by atoms with Crippen molar-refractivity contribution in [1.82, 2.24) is 0 Å². The third-order valence-electron chi connectivity index (χ3n) is 3.09. The van der Waals surface area contributed by atoms with Crippen LogP contribution in [0.3, 0.4) is 0 Å². The molecule has 23 heavy (non-hydrogen) atoms. The molecular weight excluding hydrogens is 298 g/mol. The van der Waals surface area contributed by atoms with Gasteiger partial charge in [0, 0.05) is 7.11 Å². The topological polar surface area (TPSA) is 70.8 Å². The SMILES string of the molecule is C=Cc1ccc(OCOC)c(OCc2ccccc2)c1[N+](=O)[O-]. The van der Waals surface area contributed by atoms with E-state index in [9.17, 15) is 10.1 Å². The van der Waals surface area contributed by atoms with E-state index in [0.717, 1.165) is 5.56 Å². The van der Waals surface area contributed by atoms with Gasteiger partial charge >= 0.3 is 5.69 Å². The minimum atomic E-state index is -0.503. The summed E-state index contributed by atoms with van der Waals surface area (Å²) in [5, 5.41) is 11.4. The van der Waals surface area contributed by atoms with Crippen LogP contribution < -0.4 is 9.47 Å². The molecule has 2 aromatic rings. The maximum Gasteiger partial charge on any atom is 0.322 e. The van der Waals surface area contributed by atoms with Crippen LogP contribution >= 0.6 is 0 Å². The van der Waals surface area contributed by atoms with Crippen molar-refractivity contribution in [3.63, 3.8) is 0 Å². The van der Waals surface area contributed by atoms with Crippen LogP contribution in [0.25, 0.3) is 6.08 Å². The second-order valence-corrected chi connectivity index (χ2v) is 4.62. The maximum atomic E-state index is 11.4. The molecule has 0 aliphatic heterocycles. The van der Waals surface area contributed by atoms with Gasteiger partial charge in [-0.1, -0.05) is 43.0 Å². The summed E-state index contributed by atoms with van der Waals surface area (Å²) in [6.07, 6.45) is 1.41. The molecule has 0 aliphatic carbocycles. The highest BCUT2D eigenvalue weighted by atomic mass is 16.7. The second kappa shape index (κ2) is 7.95. The molecule has 0 atom stereocenters. The summed E-state index contributed by atoms with van der Waals surface area (Å²) in [5.41, 5.74) is 1.08. The van der Waals surface area contributed by atoms with Crippen LogP contribution in [0, 0.1) is 10.1 Å². The molecule has 2 rings (SSSR count). The number of rotatable bonds is 8. The van der Waals surface area contributed by atoms with E-state index in [4.69, 9.17) is 14.2 Å². The highest BCUT2D eigenvalue weighted by Gasteiger charge is 2.24. The second-order valence-electron chi connectivity index (χ2n) is 4.62. The molecule has 0 fully saturated rings. The standard InChI is InChI=1S/C17H17NO5/c1-3-14-9-10-15(23-12-21-2)17(16(14)18(19)20)22-11-13-7-5-4-6-8-13/h3-10H,1,11-12H2,2H3. The van der Waals surface area contributed by atoms with E-state index in [2.05, 4.69) is 6.58 Å². The van der Waals surface area contributed by atoms with E-state index in [1.54, 1.807) is 12.1 Å². The molecule has 0 saturated carbocycles. The summed E-state index contributed by atoms with van der Waals surface area (Å²) in [6.45, 7) is 3.75. The molecule has 0 radical (unpaired) electrons. The summed E-state index contributed by atoms with van der Waals surface area (Å²) in [4.78, 5) is 10.9. The molecule has 0 saturated heterocycles. The van der Waals surface area contributed by atoms with Crippen molar-refractivity contribution in [3.05, 3.63) is 70.3 Å². The van der Waals surface area contributed by atoms with Crippen molar-refractivity contribution >= 4 is 11.8 Å². The first-order valence-corrected chi connectivity index (χ1v) is 6.89. The normalized spacial score (nSPS) is 10.1. The fourth-order valence-corrected chi connectivity index (χ4v) is 2.03. The van der Waals surface area contributed by atoms with Crippen molar-refractivity contribution in [2.45, 2.75) is 6.61 Å². The molecule has 120 valence electrons. The molecule has 0 heterocycles. The van der Waals surface area contributed by atoms with Crippen LogP contribution in [0.4, 0.5) is 5.69 Å². The van der Waals surface area contributed by atoms with Crippen molar-refractivity contribution in [3.8, 4) is 11.5 Å². The van der Waals surface area contributed by atoms with E-state index >= 15 is 0 Å². The Morgan fingerprint density at radius 2 is 1.91 bits per heavy atom. The summed E-state index contributed by atoms with van der Waals surface area (Å²) >= 11 is 0. The van der Waals surface area contributed by atoms with E-state index in [1.807, 2.05) is 30.3 Å². The first-order valence-electron chi connectivity index (χ1n) is 6.89. The smallest absolute Gasteiger partial charge is 0.322 e. The van der Waals surface area contributed by atoms with E-state index in [0.29, 0.717) is 5.56 Å². The maximum absolute atomic E-state index is 11.4. The van der Waals surface area contributed by atoms with E-state index in [-0.39, 0.29) is 30.6 Å². The third kappa shape index (κ3) is 4.08. The average Bonchev–Trinajstić information content (AvgIpc) is 2.58. The molecule has 0 unspecified atom stereocenters. The molecule has 6 nitrogen and oxygen atoms in total. The van der Waals surface area contributed by atoms with Crippen LogP contribution in [0.5, 0.6) is 11.5 Å². The number of nitro groups is 1. The summed E-state index contributed by atoms with van der Waals surface area (Å²) in [6, 6.07) is 12.5. The minimum absolute atomic E-state index is 0.0354. The fourth-order valence-electron chi connectivity index (χ4n) is 2.03. The predicted molar refractivity (Wildman–Crippen MR) is 86.5 cm³/mol. The number of hydrogen-bond donors (Lipinski definition) is 0. The van der Waals surface area contributed by atoms with Crippen LogP contribution in [0.1, 0.15) is 11.1 Å². The lowest BCUT2D eigenvalue weighted by molar-refractivity contribution is -0.386. The zero-order chi connectivity index (χ0) is 16.7. The van der Waals surface area contributed by atoms with Crippen molar-refractivity contribution in [1.29, 1.82) is 0 Å². The molecule has 0 aromatic heterocycles. The number of nitrogens with zero attached hydrogens (tertiary/aromatic N) is 1. The zero-order valence-corrected chi connectivity index (χ0v) is 12.7. The van der Waals surface area contributed by atoms with Crippen LogP contribution in [-0.2, 0) is 11.3 Å². The van der Waals surface area contributed by atoms with Crippen LogP contribution in [0.15, 0.2) is 49.0 Å². The molecule has 0 spiro atoms. The summed E-state index contributed by atoms with van der Waals surface area (Å²) < 4.78 is 15.9. The van der Waals surface area contributed by atoms with Crippen molar-refractivity contribution in [2.24, 2.45) is 0 Å². The Morgan fingerprint density at radius 1 is 1.17 bits per heavy atom. The quantitative estimate of drug-likeness (QED) is 0.421. The van der Waals surface area contributed by atoms with Gasteiger partial charge in [-0.05, 0) is 17.7 Å². The molecule has 0 N–H and O–H groups in total. The first kappa shape index (κ1) is 16.5. The molecule has 0 bridgehead atoms. The zero-order valence-electron chi connectivity index (χ0n) is 12.7. The predicted octanol–water partition coefficient (Wildman–Crippen LogP) is 3.80. The van der Waals surface area contributed by atoms with Crippen LogP contribution in [-0.4, -0.2) is 18.8 Å². The van der Waals surface area contributed by atoms with E-state index in [1.165, 1.54) is 13.2 Å². The Balaban J connectivity index is 2.38. The average molecular weight is 315 g/mol. The highest BCUT2D eigenvalue weighted by Crippen LogP contribution is 2.40. The van der Waals surface area contributed by atoms with Gasteiger partial charge in [0.15, 0.2) is 12.5 Å². The van der Waals surface area contributed by atoms with Gasteiger partial charge in [-0.15, -0.1) is 0 Å². The Morgan fingerprint density at radius 3 is 2.52 bits per heavy atom. The monoisotopic (exact) mass is 315 g/mol. The van der Waals surface area contributed by atoms with Gasteiger partial charge in [-0.3, -0.25) is 10.1 Å². The van der Waals surface area contributed by atoms with E-state index < -0.39 is 4.92 Å². The summed E-state index contributed by atoms with van der Waals surface area (Å²) in [7, 11) is 1.47. The third-order valence-corrected chi connectivity index (χ3v) is 3.09. The molecule has 6 heteroatoms. The molecule has 0 aliphatic rings. The van der Waals surface area contributed by atoms with Gasteiger partial charge in [0.2, 0.25) is 5.75 Å². The lowest BCUT2D eigenvalue weighted by atomic mass is 10.1. The van der Waals surface area contributed by atoms with Crippen LogP contribution in [0.2, 0.25) is 0 Å². The van der Waals surface area contributed by atoms with Gasteiger partial charge < -0.3 is 14.2 Å². The Hall–Kier alpha value is -2.86. The van der Waals surface area contributed by atoms with Gasteiger partial charge in [0.25, 0.3) is 0 Å².